The highest BCUT2D eigenvalue weighted by atomic mass is 35.5. The molecular formula is C8H9ClF3N3S. The van der Waals surface area contributed by atoms with E-state index >= 15 is 0 Å². The van der Waals surface area contributed by atoms with E-state index in [2.05, 4.69) is 5.10 Å². The van der Waals surface area contributed by atoms with Crippen LogP contribution in [-0.4, -0.2) is 32.9 Å². The van der Waals surface area contributed by atoms with Crippen molar-refractivity contribution in [2.45, 2.75) is 12.8 Å². The van der Waals surface area contributed by atoms with Crippen molar-refractivity contribution in [2.75, 3.05) is 18.2 Å². The summed E-state index contributed by atoms with van der Waals surface area (Å²) >= 11 is 7.44. The van der Waals surface area contributed by atoms with Gasteiger partial charge in [0.1, 0.15) is 5.15 Å². The van der Waals surface area contributed by atoms with E-state index in [1.165, 1.54) is 4.68 Å². The van der Waals surface area contributed by atoms with Crippen LogP contribution in [0.5, 0.6) is 0 Å². The summed E-state index contributed by atoms with van der Waals surface area (Å²) in [5, 5.41) is 3.47. The fraction of sp³-hybridized carbons (Fsp3) is 0.625. The fourth-order valence-corrected chi connectivity index (χ4v) is 2.56. The lowest BCUT2D eigenvalue weighted by molar-refractivity contribution is -0.141. The topological polar surface area (TPSA) is 21.1 Å². The first kappa shape index (κ1) is 12.1. The van der Waals surface area contributed by atoms with E-state index in [4.69, 9.17) is 11.6 Å². The van der Waals surface area contributed by atoms with Gasteiger partial charge >= 0.3 is 6.18 Å². The third-order valence-electron chi connectivity index (χ3n) is 2.18. The van der Waals surface area contributed by atoms with Gasteiger partial charge < -0.3 is 0 Å². The van der Waals surface area contributed by atoms with Crippen molar-refractivity contribution < 1.29 is 13.2 Å². The number of thioether (sulfide) groups is 1. The Bertz CT molecular complexity index is 373. The molecule has 1 fully saturated rings. The smallest absolute Gasteiger partial charge is 0.274 e. The maximum atomic E-state index is 12.3. The first-order valence-corrected chi connectivity index (χ1v) is 6.11. The second-order valence-corrected chi connectivity index (χ2v) is 4.88. The summed E-state index contributed by atoms with van der Waals surface area (Å²) in [4.78, 5) is 1.99. The second-order valence-electron chi connectivity index (χ2n) is 3.42. The van der Waals surface area contributed by atoms with Crippen LogP contribution in [0.15, 0.2) is 6.07 Å². The summed E-state index contributed by atoms with van der Waals surface area (Å²) in [6.45, 7) is 1.16. The van der Waals surface area contributed by atoms with Crippen molar-refractivity contribution in [3.63, 3.8) is 0 Å². The second kappa shape index (κ2) is 4.46. The zero-order chi connectivity index (χ0) is 11.8. The molecule has 0 saturated carbocycles. The van der Waals surface area contributed by atoms with Gasteiger partial charge in [-0.1, -0.05) is 11.6 Å². The van der Waals surface area contributed by atoms with Crippen LogP contribution < -0.4 is 0 Å². The standard InChI is InChI=1S/C8H9ClF3N3S/c9-7-3-6(8(10,11)12)13-15(7)4-14-1-2-16-5-14/h3H,1-2,4-5H2. The Kier molecular flexibility index (Phi) is 3.37. The molecule has 0 amide bonds. The maximum absolute atomic E-state index is 12.3. The van der Waals surface area contributed by atoms with Crippen LogP contribution in [0.1, 0.15) is 5.69 Å². The normalized spacial score (nSPS) is 18.2. The zero-order valence-corrected chi connectivity index (χ0v) is 9.74. The molecule has 2 heterocycles. The summed E-state index contributed by atoms with van der Waals surface area (Å²) in [6, 6.07) is 0.852. The third-order valence-corrected chi connectivity index (χ3v) is 3.50. The van der Waals surface area contributed by atoms with Crippen LogP contribution in [0.3, 0.4) is 0 Å². The minimum atomic E-state index is -4.44. The van der Waals surface area contributed by atoms with Crippen molar-refractivity contribution in [3.05, 3.63) is 16.9 Å². The Morgan fingerprint density at radius 3 is 2.75 bits per heavy atom. The molecule has 1 saturated heterocycles. The van der Waals surface area contributed by atoms with Crippen LogP contribution in [0.25, 0.3) is 0 Å². The molecule has 1 aliphatic heterocycles. The lowest BCUT2D eigenvalue weighted by atomic mass is 10.4. The lowest BCUT2D eigenvalue weighted by Gasteiger charge is -2.14. The molecule has 0 spiro atoms. The first-order valence-electron chi connectivity index (χ1n) is 4.57. The van der Waals surface area contributed by atoms with Crippen LogP contribution in [0.2, 0.25) is 5.15 Å². The molecule has 1 aromatic heterocycles. The Morgan fingerprint density at radius 2 is 2.25 bits per heavy atom. The molecule has 0 N–H and O–H groups in total. The molecule has 3 nitrogen and oxygen atoms in total. The van der Waals surface area contributed by atoms with Gasteiger partial charge in [0.15, 0.2) is 5.69 Å². The SMILES string of the molecule is FC(F)(F)c1cc(Cl)n(CN2CCSC2)n1. The number of hydrogen-bond donors (Lipinski definition) is 0. The number of halogens is 4. The van der Waals surface area contributed by atoms with E-state index in [1.807, 2.05) is 4.90 Å². The maximum Gasteiger partial charge on any atom is 0.435 e. The molecule has 0 aliphatic carbocycles. The fourth-order valence-electron chi connectivity index (χ4n) is 1.38. The predicted octanol–water partition coefficient (Wildman–Crippen LogP) is 2.52. The highest BCUT2D eigenvalue weighted by molar-refractivity contribution is 7.99. The van der Waals surface area contributed by atoms with E-state index in [0.29, 0.717) is 6.67 Å². The highest BCUT2D eigenvalue weighted by Gasteiger charge is 2.34. The molecule has 0 atom stereocenters. The van der Waals surface area contributed by atoms with Crippen molar-refractivity contribution in [1.29, 1.82) is 0 Å². The lowest BCUT2D eigenvalue weighted by Crippen LogP contribution is -2.24. The van der Waals surface area contributed by atoms with Gasteiger partial charge in [-0.05, 0) is 0 Å². The molecule has 90 valence electrons. The molecule has 0 radical (unpaired) electrons. The van der Waals surface area contributed by atoms with Gasteiger partial charge in [0.2, 0.25) is 0 Å². The number of aromatic nitrogens is 2. The Labute approximate surface area is 99.5 Å². The van der Waals surface area contributed by atoms with Gasteiger partial charge in [-0.15, -0.1) is 11.8 Å². The van der Waals surface area contributed by atoms with Crippen molar-refractivity contribution in [2.24, 2.45) is 0 Å². The Morgan fingerprint density at radius 1 is 1.50 bits per heavy atom. The van der Waals surface area contributed by atoms with E-state index in [-0.39, 0.29) is 5.15 Å². The molecule has 0 unspecified atom stereocenters. The first-order chi connectivity index (χ1) is 7.47. The van der Waals surface area contributed by atoms with Crippen LogP contribution >= 0.6 is 23.4 Å². The molecule has 8 heteroatoms. The van der Waals surface area contributed by atoms with Gasteiger partial charge in [0.05, 0.1) is 6.67 Å². The molecule has 0 bridgehead atoms. The number of rotatable bonds is 2. The molecule has 1 aliphatic rings. The summed E-state index contributed by atoms with van der Waals surface area (Å²) < 4.78 is 38.2. The minimum absolute atomic E-state index is 0.0178. The summed E-state index contributed by atoms with van der Waals surface area (Å²) in [6.07, 6.45) is -4.44. The molecule has 16 heavy (non-hydrogen) atoms. The van der Waals surface area contributed by atoms with Gasteiger partial charge in [-0.3, -0.25) is 4.90 Å². The van der Waals surface area contributed by atoms with Gasteiger partial charge in [-0.2, -0.15) is 18.3 Å². The van der Waals surface area contributed by atoms with Crippen LogP contribution in [-0.2, 0) is 12.8 Å². The molecule has 2 rings (SSSR count). The van der Waals surface area contributed by atoms with Crippen molar-refractivity contribution in [1.82, 2.24) is 14.7 Å². The predicted molar refractivity (Wildman–Crippen MR) is 56.3 cm³/mol. The van der Waals surface area contributed by atoms with Crippen molar-refractivity contribution >= 4 is 23.4 Å². The van der Waals surface area contributed by atoms with Gasteiger partial charge in [0.25, 0.3) is 0 Å². The zero-order valence-electron chi connectivity index (χ0n) is 8.17. The quantitative estimate of drug-likeness (QED) is 0.825. The number of alkyl halides is 3. The average molecular weight is 272 g/mol. The number of nitrogens with zero attached hydrogens (tertiary/aromatic N) is 3. The molecule has 0 aromatic carbocycles. The number of hydrogen-bond acceptors (Lipinski definition) is 3. The molecule has 1 aromatic rings. The van der Waals surface area contributed by atoms with Crippen LogP contribution in [0.4, 0.5) is 13.2 Å². The summed E-state index contributed by atoms with van der Waals surface area (Å²) in [5.41, 5.74) is -0.940. The largest absolute Gasteiger partial charge is 0.435 e. The van der Waals surface area contributed by atoms with Gasteiger partial charge in [-0.25, -0.2) is 4.68 Å². The highest BCUT2D eigenvalue weighted by Crippen LogP contribution is 2.30. The summed E-state index contributed by atoms with van der Waals surface area (Å²) in [5.74, 6) is 1.79. The third kappa shape index (κ3) is 2.64. The van der Waals surface area contributed by atoms with Gasteiger partial charge in [0, 0.05) is 24.2 Å². The molecular weight excluding hydrogens is 263 g/mol. The summed E-state index contributed by atoms with van der Waals surface area (Å²) in [7, 11) is 0. The van der Waals surface area contributed by atoms with Crippen LogP contribution in [0, 0.1) is 0 Å². The minimum Gasteiger partial charge on any atom is -0.274 e. The van der Waals surface area contributed by atoms with Crippen molar-refractivity contribution in [3.8, 4) is 0 Å². The van der Waals surface area contributed by atoms with E-state index < -0.39 is 11.9 Å². The Balaban J connectivity index is 2.12. The monoisotopic (exact) mass is 271 g/mol. The van der Waals surface area contributed by atoms with E-state index in [0.717, 1.165) is 24.2 Å². The van der Waals surface area contributed by atoms with E-state index in [1.54, 1.807) is 11.8 Å². The average Bonchev–Trinajstić information content (AvgIpc) is 2.76. The Hall–Kier alpha value is -0.400. The van der Waals surface area contributed by atoms with E-state index in [9.17, 15) is 13.2 Å².